The van der Waals surface area contributed by atoms with E-state index in [1.807, 2.05) is 32.0 Å². The summed E-state index contributed by atoms with van der Waals surface area (Å²) in [6.07, 6.45) is 0. The Labute approximate surface area is 76.6 Å². The molecule has 0 atom stereocenters. The summed E-state index contributed by atoms with van der Waals surface area (Å²) in [5, 5.41) is 0. The Hall–Kier alpha value is -1.51. The van der Waals surface area contributed by atoms with E-state index in [2.05, 4.69) is 0 Å². The van der Waals surface area contributed by atoms with Gasteiger partial charge < -0.3 is 4.42 Å². The molecule has 2 rings (SSSR count). The van der Waals surface area contributed by atoms with Crippen molar-refractivity contribution < 1.29 is 4.42 Å². The fraction of sp³-hybridized carbons (Fsp3) is 0.300. The summed E-state index contributed by atoms with van der Waals surface area (Å²) < 4.78 is 6.39. The normalized spacial score (nSPS) is 9.46. The Morgan fingerprint density at radius 2 is 1.85 bits per heavy atom. The number of aromatic nitrogens is 1. The van der Waals surface area contributed by atoms with Crippen molar-refractivity contribution in [1.29, 1.82) is 0 Å². The third-order valence-electron chi connectivity index (χ3n) is 1.70. The van der Waals surface area contributed by atoms with Gasteiger partial charge in [-0.1, -0.05) is 26.0 Å². The molecule has 0 spiro atoms. The topological polar surface area (TPSA) is 35.1 Å². The van der Waals surface area contributed by atoms with Crippen molar-refractivity contribution in [2.45, 2.75) is 13.8 Å². The lowest BCUT2D eigenvalue weighted by molar-refractivity contribution is 0.528. The number of benzene rings is 1. The van der Waals surface area contributed by atoms with Crippen molar-refractivity contribution in [2.75, 3.05) is 0 Å². The van der Waals surface area contributed by atoms with Crippen molar-refractivity contribution >= 4 is 11.1 Å². The number of aryl methyl sites for hydroxylation is 1. The van der Waals surface area contributed by atoms with Crippen LogP contribution in [0.5, 0.6) is 0 Å². The molecule has 2 aromatic rings. The lowest BCUT2D eigenvalue weighted by Gasteiger charge is -1.87. The van der Waals surface area contributed by atoms with E-state index in [-0.39, 0.29) is 5.76 Å². The smallest absolute Gasteiger partial charge is 0.408 e. The van der Waals surface area contributed by atoms with Crippen molar-refractivity contribution in [2.24, 2.45) is 7.05 Å². The van der Waals surface area contributed by atoms with Crippen LogP contribution in [0.25, 0.3) is 11.1 Å². The van der Waals surface area contributed by atoms with E-state index < -0.39 is 0 Å². The molecular weight excluding hydrogens is 166 g/mol. The molecule has 0 aliphatic carbocycles. The summed E-state index contributed by atoms with van der Waals surface area (Å²) in [5.41, 5.74) is 1.47. The number of para-hydroxylation sites is 2. The second-order valence-corrected chi connectivity index (χ2v) is 2.39. The minimum atomic E-state index is -0.314. The fourth-order valence-electron chi connectivity index (χ4n) is 1.08. The Morgan fingerprint density at radius 1 is 1.23 bits per heavy atom. The van der Waals surface area contributed by atoms with Gasteiger partial charge >= 0.3 is 5.76 Å². The molecule has 0 unspecified atom stereocenters. The van der Waals surface area contributed by atoms with Gasteiger partial charge in [0.05, 0.1) is 5.52 Å². The first-order chi connectivity index (χ1) is 6.29. The maximum atomic E-state index is 10.9. The lowest BCUT2D eigenvalue weighted by atomic mass is 10.3. The van der Waals surface area contributed by atoms with Crippen molar-refractivity contribution in [3.8, 4) is 0 Å². The molecule has 0 saturated heterocycles. The van der Waals surface area contributed by atoms with Crippen molar-refractivity contribution in [3.05, 3.63) is 34.8 Å². The highest BCUT2D eigenvalue weighted by molar-refractivity contribution is 5.72. The predicted octanol–water partition coefficient (Wildman–Crippen LogP) is 2.16. The average molecular weight is 179 g/mol. The molecule has 0 fully saturated rings. The van der Waals surface area contributed by atoms with Crippen LogP contribution in [-0.2, 0) is 7.05 Å². The van der Waals surface area contributed by atoms with Crippen LogP contribution in [0, 0.1) is 0 Å². The van der Waals surface area contributed by atoms with E-state index in [9.17, 15) is 4.79 Å². The Kier molecular flexibility index (Phi) is 2.90. The van der Waals surface area contributed by atoms with Gasteiger partial charge in [-0.05, 0) is 12.1 Å². The molecule has 1 heterocycles. The average Bonchev–Trinajstić information content (AvgIpc) is 2.47. The maximum absolute atomic E-state index is 10.9. The molecule has 0 saturated carbocycles. The van der Waals surface area contributed by atoms with Crippen LogP contribution in [-0.4, -0.2) is 4.57 Å². The van der Waals surface area contributed by atoms with Crippen LogP contribution in [0.2, 0.25) is 0 Å². The molecule has 70 valence electrons. The van der Waals surface area contributed by atoms with Gasteiger partial charge in [-0.25, -0.2) is 4.79 Å². The second-order valence-electron chi connectivity index (χ2n) is 2.39. The number of hydrogen-bond donors (Lipinski definition) is 0. The SMILES string of the molecule is CC.Cn1c(=O)oc2ccccc21. The van der Waals surface area contributed by atoms with E-state index in [4.69, 9.17) is 4.42 Å². The van der Waals surface area contributed by atoms with Gasteiger partial charge in [-0.2, -0.15) is 0 Å². The van der Waals surface area contributed by atoms with Gasteiger partial charge in [0.25, 0.3) is 0 Å². The van der Waals surface area contributed by atoms with Gasteiger partial charge in [-0.15, -0.1) is 0 Å². The van der Waals surface area contributed by atoms with Crippen LogP contribution in [0.1, 0.15) is 13.8 Å². The third kappa shape index (κ3) is 1.64. The van der Waals surface area contributed by atoms with Gasteiger partial charge in [0, 0.05) is 7.05 Å². The van der Waals surface area contributed by atoms with Gasteiger partial charge in [0.1, 0.15) is 0 Å². The summed E-state index contributed by atoms with van der Waals surface area (Å²) in [5.74, 6) is -0.314. The minimum Gasteiger partial charge on any atom is -0.408 e. The van der Waals surface area contributed by atoms with Crippen molar-refractivity contribution in [3.63, 3.8) is 0 Å². The van der Waals surface area contributed by atoms with E-state index in [0.29, 0.717) is 5.58 Å². The quantitative estimate of drug-likeness (QED) is 0.621. The predicted molar refractivity (Wildman–Crippen MR) is 52.8 cm³/mol. The van der Waals surface area contributed by atoms with E-state index in [1.165, 1.54) is 4.57 Å². The number of fused-ring (bicyclic) bond motifs is 1. The number of rotatable bonds is 0. The summed E-state index contributed by atoms with van der Waals surface area (Å²) in [6.45, 7) is 4.00. The highest BCUT2D eigenvalue weighted by Gasteiger charge is 2.01. The summed E-state index contributed by atoms with van der Waals surface area (Å²) in [4.78, 5) is 10.9. The molecule has 0 N–H and O–H groups in total. The first-order valence-corrected chi connectivity index (χ1v) is 4.33. The van der Waals surface area contributed by atoms with E-state index >= 15 is 0 Å². The second kappa shape index (κ2) is 3.94. The Morgan fingerprint density at radius 3 is 2.46 bits per heavy atom. The molecule has 0 aliphatic rings. The Bertz CT molecular complexity index is 439. The first kappa shape index (κ1) is 9.58. The lowest BCUT2D eigenvalue weighted by Crippen LogP contribution is -2.08. The molecular formula is C10H13NO2. The van der Waals surface area contributed by atoms with Crippen molar-refractivity contribution in [1.82, 2.24) is 4.57 Å². The highest BCUT2D eigenvalue weighted by Crippen LogP contribution is 2.09. The van der Waals surface area contributed by atoms with Crippen LogP contribution in [0.15, 0.2) is 33.5 Å². The Balaban J connectivity index is 0.000000396. The number of oxazole rings is 1. The van der Waals surface area contributed by atoms with Gasteiger partial charge in [0.15, 0.2) is 5.58 Å². The van der Waals surface area contributed by atoms with Crippen LogP contribution in [0.3, 0.4) is 0 Å². The standard InChI is InChI=1S/C8H7NO2.C2H6/c1-9-6-4-2-3-5-7(6)11-8(9)10;1-2/h2-5H,1H3;1-2H3. The molecule has 13 heavy (non-hydrogen) atoms. The minimum absolute atomic E-state index is 0.314. The zero-order valence-electron chi connectivity index (χ0n) is 8.07. The molecule has 1 aromatic heterocycles. The zero-order valence-corrected chi connectivity index (χ0v) is 8.07. The van der Waals surface area contributed by atoms with Crippen LogP contribution >= 0.6 is 0 Å². The fourth-order valence-corrected chi connectivity index (χ4v) is 1.08. The molecule has 0 bridgehead atoms. The molecule has 3 heteroatoms. The molecule has 0 aliphatic heterocycles. The summed E-state index contributed by atoms with van der Waals surface area (Å²) >= 11 is 0. The van der Waals surface area contributed by atoms with E-state index in [0.717, 1.165) is 5.52 Å². The van der Waals surface area contributed by atoms with E-state index in [1.54, 1.807) is 13.1 Å². The maximum Gasteiger partial charge on any atom is 0.419 e. The van der Waals surface area contributed by atoms with Gasteiger partial charge in [-0.3, -0.25) is 4.57 Å². The first-order valence-electron chi connectivity index (χ1n) is 4.33. The number of nitrogens with zero attached hydrogens (tertiary/aromatic N) is 1. The van der Waals surface area contributed by atoms with Crippen LogP contribution < -0.4 is 5.76 Å². The monoisotopic (exact) mass is 179 g/mol. The van der Waals surface area contributed by atoms with Crippen LogP contribution in [0.4, 0.5) is 0 Å². The zero-order chi connectivity index (χ0) is 9.84. The molecule has 3 nitrogen and oxygen atoms in total. The molecule has 1 aromatic carbocycles. The third-order valence-corrected chi connectivity index (χ3v) is 1.70. The number of hydrogen-bond acceptors (Lipinski definition) is 2. The highest BCUT2D eigenvalue weighted by atomic mass is 16.4. The molecule has 0 radical (unpaired) electrons. The molecule has 0 amide bonds. The summed E-state index contributed by atoms with van der Waals surface area (Å²) in [7, 11) is 1.69. The summed E-state index contributed by atoms with van der Waals surface area (Å²) in [6, 6.07) is 7.33. The van der Waals surface area contributed by atoms with Gasteiger partial charge in [0.2, 0.25) is 0 Å². The largest absolute Gasteiger partial charge is 0.419 e.